The monoisotopic (exact) mass is 313 g/mol. The van der Waals surface area contributed by atoms with Crippen molar-refractivity contribution in [3.8, 4) is 0 Å². The molecule has 22 heavy (non-hydrogen) atoms. The molecule has 0 spiro atoms. The van der Waals surface area contributed by atoms with Crippen molar-refractivity contribution in [3.63, 3.8) is 0 Å². The van der Waals surface area contributed by atoms with E-state index in [1.165, 1.54) is 12.1 Å². The number of benzene rings is 1. The molecule has 2 N–H and O–H groups in total. The van der Waals surface area contributed by atoms with Crippen LogP contribution < -0.4 is 5.32 Å². The van der Waals surface area contributed by atoms with E-state index in [2.05, 4.69) is 5.32 Å². The molecule has 1 fully saturated rings. The molecule has 0 aromatic heterocycles. The number of rotatable bonds is 7. The summed E-state index contributed by atoms with van der Waals surface area (Å²) in [4.78, 5) is 0. The predicted octanol–water partition coefficient (Wildman–Crippen LogP) is 3.11. The predicted molar refractivity (Wildman–Crippen MR) is 81.6 cm³/mol. The summed E-state index contributed by atoms with van der Waals surface area (Å²) in [6, 6.07) is 3.73. The van der Waals surface area contributed by atoms with Crippen molar-refractivity contribution in [1.29, 1.82) is 0 Å². The molecule has 0 heterocycles. The zero-order valence-corrected chi connectivity index (χ0v) is 13.2. The normalized spacial score (nSPS) is 18.8. The molecular formula is C17H25F2NO2. The molecule has 124 valence electrons. The SMILES string of the molecule is CC(C)OCC(O)CNC1(c2ccc(F)cc2F)CCCC1. The van der Waals surface area contributed by atoms with Crippen LogP contribution >= 0.6 is 0 Å². The van der Waals surface area contributed by atoms with E-state index < -0.39 is 23.3 Å². The lowest BCUT2D eigenvalue weighted by atomic mass is 9.87. The van der Waals surface area contributed by atoms with Crippen molar-refractivity contribution in [2.45, 2.75) is 57.3 Å². The van der Waals surface area contributed by atoms with Gasteiger partial charge in [0.2, 0.25) is 0 Å². The van der Waals surface area contributed by atoms with Crippen LogP contribution in [0.3, 0.4) is 0 Å². The van der Waals surface area contributed by atoms with E-state index >= 15 is 0 Å². The van der Waals surface area contributed by atoms with Gasteiger partial charge in [0.1, 0.15) is 11.6 Å². The lowest BCUT2D eigenvalue weighted by Crippen LogP contribution is -2.45. The topological polar surface area (TPSA) is 41.5 Å². The second-order valence-electron chi connectivity index (χ2n) is 6.33. The van der Waals surface area contributed by atoms with Crippen LogP contribution in [0.25, 0.3) is 0 Å². The fraction of sp³-hybridized carbons (Fsp3) is 0.647. The highest BCUT2D eigenvalue weighted by Gasteiger charge is 2.37. The standard InChI is InChI=1S/C17H25F2NO2/c1-12(2)22-11-14(21)10-20-17(7-3-4-8-17)15-6-5-13(18)9-16(15)19/h5-6,9,12,14,20-21H,3-4,7-8,10-11H2,1-2H3. The Labute approximate surface area is 130 Å². The summed E-state index contributed by atoms with van der Waals surface area (Å²) in [7, 11) is 0. The second-order valence-corrected chi connectivity index (χ2v) is 6.33. The number of aliphatic hydroxyl groups is 1. The lowest BCUT2D eigenvalue weighted by Gasteiger charge is -2.32. The number of hydrogen-bond acceptors (Lipinski definition) is 3. The summed E-state index contributed by atoms with van der Waals surface area (Å²) in [6.07, 6.45) is 2.96. The molecule has 1 atom stereocenters. The van der Waals surface area contributed by atoms with E-state index in [0.29, 0.717) is 12.1 Å². The molecule has 5 heteroatoms. The molecule has 0 radical (unpaired) electrons. The van der Waals surface area contributed by atoms with Crippen LogP contribution in [-0.2, 0) is 10.3 Å². The van der Waals surface area contributed by atoms with Crippen molar-refractivity contribution in [2.75, 3.05) is 13.2 Å². The first-order valence-corrected chi connectivity index (χ1v) is 7.93. The Balaban J connectivity index is 2.05. The van der Waals surface area contributed by atoms with Gasteiger partial charge in [0, 0.05) is 23.7 Å². The molecule has 0 amide bonds. The summed E-state index contributed by atoms with van der Waals surface area (Å²) in [5, 5.41) is 13.3. The van der Waals surface area contributed by atoms with Gasteiger partial charge in [0.25, 0.3) is 0 Å². The van der Waals surface area contributed by atoms with Crippen LogP contribution in [0.1, 0.15) is 45.1 Å². The van der Waals surface area contributed by atoms with Crippen LogP contribution in [0, 0.1) is 11.6 Å². The Morgan fingerprint density at radius 1 is 1.27 bits per heavy atom. The quantitative estimate of drug-likeness (QED) is 0.813. The van der Waals surface area contributed by atoms with Gasteiger partial charge in [-0.25, -0.2) is 8.78 Å². The molecule has 3 nitrogen and oxygen atoms in total. The van der Waals surface area contributed by atoms with Gasteiger partial charge in [-0.05, 0) is 32.8 Å². The Hall–Kier alpha value is -1.04. The number of ether oxygens (including phenoxy) is 1. The maximum atomic E-state index is 14.2. The largest absolute Gasteiger partial charge is 0.389 e. The second kappa shape index (κ2) is 7.49. The van der Waals surface area contributed by atoms with Gasteiger partial charge in [-0.2, -0.15) is 0 Å². The molecule has 0 bridgehead atoms. The van der Waals surface area contributed by atoms with Crippen LogP contribution in [0.4, 0.5) is 8.78 Å². The van der Waals surface area contributed by atoms with E-state index in [9.17, 15) is 13.9 Å². The molecule has 1 aliphatic carbocycles. The minimum atomic E-state index is -0.650. The molecular weight excluding hydrogens is 288 g/mol. The minimum absolute atomic E-state index is 0.0598. The van der Waals surface area contributed by atoms with E-state index in [0.717, 1.165) is 31.7 Å². The lowest BCUT2D eigenvalue weighted by molar-refractivity contribution is 0.00316. The van der Waals surface area contributed by atoms with Gasteiger partial charge < -0.3 is 15.2 Å². The van der Waals surface area contributed by atoms with Gasteiger partial charge in [-0.15, -0.1) is 0 Å². The molecule has 1 saturated carbocycles. The van der Waals surface area contributed by atoms with E-state index in [1.54, 1.807) is 0 Å². The van der Waals surface area contributed by atoms with Crippen molar-refractivity contribution < 1.29 is 18.6 Å². The molecule has 0 aliphatic heterocycles. The Kier molecular flexibility index (Phi) is 5.89. The molecule has 1 aromatic carbocycles. The highest BCUT2D eigenvalue weighted by Crippen LogP contribution is 2.39. The Bertz CT molecular complexity index is 488. The fourth-order valence-electron chi connectivity index (χ4n) is 3.07. The number of hydrogen-bond donors (Lipinski definition) is 2. The smallest absolute Gasteiger partial charge is 0.131 e. The van der Waals surface area contributed by atoms with Crippen LogP contribution in [-0.4, -0.2) is 30.5 Å². The third kappa shape index (κ3) is 4.24. The maximum absolute atomic E-state index is 14.2. The van der Waals surface area contributed by atoms with Crippen molar-refractivity contribution >= 4 is 0 Å². The first-order valence-electron chi connectivity index (χ1n) is 7.93. The summed E-state index contributed by atoms with van der Waals surface area (Å²) in [6.45, 7) is 4.38. The third-order valence-electron chi connectivity index (χ3n) is 4.20. The molecule has 0 saturated heterocycles. The van der Waals surface area contributed by atoms with Gasteiger partial charge in [-0.1, -0.05) is 18.9 Å². The Morgan fingerprint density at radius 2 is 1.95 bits per heavy atom. The molecule has 1 aromatic rings. The van der Waals surface area contributed by atoms with Crippen LogP contribution in [0.2, 0.25) is 0 Å². The van der Waals surface area contributed by atoms with Crippen LogP contribution in [0.5, 0.6) is 0 Å². The third-order valence-corrected chi connectivity index (χ3v) is 4.20. The summed E-state index contributed by atoms with van der Waals surface area (Å²) in [5.41, 5.74) is -0.0280. The summed E-state index contributed by atoms with van der Waals surface area (Å²) < 4.78 is 32.7. The number of nitrogens with one attached hydrogen (secondary N) is 1. The van der Waals surface area contributed by atoms with Crippen LogP contribution in [0.15, 0.2) is 18.2 Å². The number of halogens is 2. The maximum Gasteiger partial charge on any atom is 0.131 e. The zero-order chi connectivity index (χ0) is 16.2. The highest BCUT2D eigenvalue weighted by molar-refractivity contribution is 5.28. The first-order chi connectivity index (χ1) is 10.4. The fourth-order valence-corrected chi connectivity index (χ4v) is 3.07. The average Bonchev–Trinajstić information content (AvgIpc) is 2.92. The summed E-state index contributed by atoms with van der Waals surface area (Å²) in [5.74, 6) is -1.10. The van der Waals surface area contributed by atoms with Gasteiger partial charge in [0.05, 0.1) is 18.8 Å². The highest BCUT2D eigenvalue weighted by atomic mass is 19.1. The number of aliphatic hydroxyl groups excluding tert-OH is 1. The van der Waals surface area contributed by atoms with E-state index in [1.807, 2.05) is 13.8 Å². The molecule has 1 aliphatic rings. The average molecular weight is 313 g/mol. The van der Waals surface area contributed by atoms with Crippen molar-refractivity contribution in [1.82, 2.24) is 5.32 Å². The van der Waals surface area contributed by atoms with E-state index in [4.69, 9.17) is 4.74 Å². The summed E-state index contributed by atoms with van der Waals surface area (Å²) >= 11 is 0. The van der Waals surface area contributed by atoms with Gasteiger partial charge in [-0.3, -0.25) is 0 Å². The zero-order valence-electron chi connectivity index (χ0n) is 13.2. The van der Waals surface area contributed by atoms with E-state index in [-0.39, 0.29) is 12.7 Å². The molecule has 2 rings (SSSR count). The minimum Gasteiger partial charge on any atom is -0.389 e. The van der Waals surface area contributed by atoms with Crippen molar-refractivity contribution in [2.24, 2.45) is 0 Å². The van der Waals surface area contributed by atoms with Gasteiger partial charge >= 0.3 is 0 Å². The first kappa shape index (κ1) is 17.3. The Morgan fingerprint density at radius 3 is 2.55 bits per heavy atom. The molecule has 1 unspecified atom stereocenters. The van der Waals surface area contributed by atoms with Gasteiger partial charge in [0.15, 0.2) is 0 Å². The van der Waals surface area contributed by atoms with Crippen molar-refractivity contribution in [3.05, 3.63) is 35.4 Å².